The molecule has 2 nitrogen and oxygen atoms in total. The normalized spacial score (nSPS) is 23.1. The molecule has 0 saturated carbocycles. The second-order valence-corrected chi connectivity index (χ2v) is 5.46. The fraction of sp³-hybridized carbons (Fsp3) is 0.545. The summed E-state index contributed by atoms with van der Waals surface area (Å²) in [7, 11) is 0. The van der Waals surface area contributed by atoms with E-state index in [0.29, 0.717) is 0 Å². The summed E-state index contributed by atoms with van der Waals surface area (Å²) in [6.45, 7) is 2.59. The number of likely N-dealkylation sites (tertiary alicyclic amines) is 1. The van der Waals surface area contributed by atoms with E-state index in [4.69, 9.17) is 11.6 Å². The largest absolute Gasteiger partial charge is 0.334 e. The number of amides is 1. The molecule has 1 amide bonds. The number of nitrogens with zero attached hydrogens (tertiary/aromatic N) is 1. The van der Waals surface area contributed by atoms with E-state index in [1.807, 2.05) is 11.0 Å². The standard InChI is InChI=1S/C11H14ClNOS/c1-8(12)11(14)13-6-2-4-9(13)10-5-3-7-15-10/h3,5,7-9H,2,4,6H2,1H3/t8-,9-/m1/s1. The topological polar surface area (TPSA) is 20.3 Å². The number of hydrogen-bond donors (Lipinski definition) is 0. The lowest BCUT2D eigenvalue weighted by molar-refractivity contribution is -0.131. The van der Waals surface area contributed by atoms with Crippen molar-refractivity contribution in [2.45, 2.75) is 31.2 Å². The molecule has 2 heterocycles. The van der Waals surface area contributed by atoms with Gasteiger partial charge in [0.15, 0.2) is 0 Å². The second kappa shape index (κ2) is 4.54. The van der Waals surface area contributed by atoms with E-state index in [-0.39, 0.29) is 11.9 Å². The van der Waals surface area contributed by atoms with Crippen LogP contribution in [0.25, 0.3) is 0 Å². The number of rotatable bonds is 2. The van der Waals surface area contributed by atoms with Gasteiger partial charge >= 0.3 is 0 Å². The highest BCUT2D eigenvalue weighted by molar-refractivity contribution is 7.10. The minimum Gasteiger partial charge on any atom is -0.334 e. The van der Waals surface area contributed by atoms with Gasteiger partial charge in [-0.15, -0.1) is 22.9 Å². The zero-order valence-corrected chi connectivity index (χ0v) is 10.2. The Balaban J connectivity index is 2.15. The smallest absolute Gasteiger partial charge is 0.240 e. The zero-order chi connectivity index (χ0) is 10.8. The van der Waals surface area contributed by atoms with Gasteiger partial charge in [0, 0.05) is 11.4 Å². The number of hydrogen-bond acceptors (Lipinski definition) is 2. The van der Waals surface area contributed by atoms with Crippen molar-refractivity contribution >= 4 is 28.8 Å². The number of thiophene rings is 1. The Hall–Kier alpha value is -0.540. The lowest BCUT2D eigenvalue weighted by Gasteiger charge is -2.24. The molecule has 0 spiro atoms. The van der Waals surface area contributed by atoms with Crippen LogP contribution in [-0.4, -0.2) is 22.7 Å². The fourth-order valence-electron chi connectivity index (χ4n) is 2.04. The van der Waals surface area contributed by atoms with Crippen molar-refractivity contribution in [1.29, 1.82) is 0 Å². The van der Waals surface area contributed by atoms with Crippen LogP contribution in [0.4, 0.5) is 0 Å². The van der Waals surface area contributed by atoms with Gasteiger partial charge in [0.25, 0.3) is 0 Å². The van der Waals surface area contributed by atoms with Crippen molar-refractivity contribution in [3.05, 3.63) is 22.4 Å². The highest BCUT2D eigenvalue weighted by Gasteiger charge is 2.32. The predicted octanol–water partition coefficient (Wildman–Crippen LogP) is 3.04. The van der Waals surface area contributed by atoms with E-state index in [1.54, 1.807) is 18.3 Å². The molecule has 0 aliphatic carbocycles. The molecule has 2 atom stereocenters. The van der Waals surface area contributed by atoms with Crippen LogP contribution in [0.5, 0.6) is 0 Å². The molecule has 0 N–H and O–H groups in total. The summed E-state index contributed by atoms with van der Waals surface area (Å²) < 4.78 is 0. The molecule has 1 fully saturated rings. The Labute approximate surface area is 98.8 Å². The molecule has 1 aliphatic rings. The van der Waals surface area contributed by atoms with E-state index < -0.39 is 5.38 Å². The molecule has 0 radical (unpaired) electrons. The van der Waals surface area contributed by atoms with Gasteiger partial charge in [-0.05, 0) is 31.2 Å². The maximum atomic E-state index is 11.8. The van der Waals surface area contributed by atoms with E-state index in [9.17, 15) is 4.79 Å². The Morgan fingerprint density at radius 2 is 2.53 bits per heavy atom. The SMILES string of the molecule is C[C@@H](Cl)C(=O)N1CCC[C@@H]1c1cccs1. The van der Waals surface area contributed by atoms with Gasteiger partial charge in [-0.1, -0.05) is 6.07 Å². The van der Waals surface area contributed by atoms with Crippen molar-refractivity contribution in [3.8, 4) is 0 Å². The molecule has 0 bridgehead atoms. The summed E-state index contributed by atoms with van der Waals surface area (Å²) in [4.78, 5) is 15.0. The van der Waals surface area contributed by atoms with Crippen LogP contribution in [-0.2, 0) is 4.79 Å². The van der Waals surface area contributed by atoms with Gasteiger partial charge < -0.3 is 4.90 Å². The van der Waals surface area contributed by atoms with Crippen LogP contribution < -0.4 is 0 Å². The molecule has 0 unspecified atom stereocenters. The lowest BCUT2D eigenvalue weighted by Crippen LogP contribution is -2.34. The third-order valence-electron chi connectivity index (χ3n) is 2.75. The fourth-order valence-corrected chi connectivity index (χ4v) is 3.03. The van der Waals surface area contributed by atoms with E-state index >= 15 is 0 Å². The summed E-state index contributed by atoms with van der Waals surface area (Å²) in [5.41, 5.74) is 0. The van der Waals surface area contributed by atoms with Gasteiger partial charge in [-0.3, -0.25) is 4.79 Å². The highest BCUT2D eigenvalue weighted by atomic mass is 35.5. The van der Waals surface area contributed by atoms with E-state index in [2.05, 4.69) is 11.4 Å². The molecule has 4 heteroatoms. The molecule has 82 valence electrons. The predicted molar refractivity (Wildman–Crippen MR) is 63.3 cm³/mol. The van der Waals surface area contributed by atoms with Crippen LogP contribution in [0.2, 0.25) is 0 Å². The second-order valence-electron chi connectivity index (χ2n) is 3.82. The Kier molecular flexibility index (Phi) is 3.32. The van der Waals surface area contributed by atoms with Crippen molar-refractivity contribution in [3.63, 3.8) is 0 Å². The third kappa shape index (κ3) is 2.18. The summed E-state index contributed by atoms with van der Waals surface area (Å²) >= 11 is 7.56. The van der Waals surface area contributed by atoms with Crippen molar-refractivity contribution in [1.82, 2.24) is 4.90 Å². The highest BCUT2D eigenvalue weighted by Crippen LogP contribution is 2.35. The van der Waals surface area contributed by atoms with Crippen molar-refractivity contribution in [2.24, 2.45) is 0 Å². The Bertz CT molecular complexity index is 336. The van der Waals surface area contributed by atoms with Gasteiger partial charge in [0.2, 0.25) is 5.91 Å². The first-order chi connectivity index (χ1) is 7.20. The van der Waals surface area contributed by atoms with E-state index in [0.717, 1.165) is 19.4 Å². The number of carbonyl (C=O) groups excluding carboxylic acids is 1. The van der Waals surface area contributed by atoms with Crippen LogP contribution in [0, 0.1) is 0 Å². The van der Waals surface area contributed by atoms with Crippen LogP contribution >= 0.6 is 22.9 Å². The number of carbonyl (C=O) groups is 1. The molecule has 1 aliphatic heterocycles. The van der Waals surface area contributed by atoms with Gasteiger partial charge in [-0.25, -0.2) is 0 Å². The van der Waals surface area contributed by atoms with Crippen LogP contribution in [0.3, 0.4) is 0 Å². The summed E-state index contributed by atoms with van der Waals surface area (Å²) in [5, 5.41) is 1.64. The minimum absolute atomic E-state index is 0.0626. The molecule has 1 aromatic rings. The Morgan fingerprint density at radius 3 is 3.13 bits per heavy atom. The molecule has 15 heavy (non-hydrogen) atoms. The summed E-state index contributed by atoms with van der Waals surface area (Å²) in [5.74, 6) is 0.0626. The van der Waals surface area contributed by atoms with Gasteiger partial charge in [0.1, 0.15) is 5.38 Å². The average molecular weight is 244 g/mol. The monoisotopic (exact) mass is 243 g/mol. The quantitative estimate of drug-likeness (QED) is 0.732. The molecular formula is C11H14ClNOS. The maximum Gasteiger partial charge on any atom is 0.240 e. The lowest BCUT2D eigenvalue weighted by atomic mass is 10.2. The molecule has 1 aromatic heterocycles. The molecule has 1 saturated heterocycles. The third-order valence-corrected chi connectivity index (χ3v) is 3.91. The van der Waals surface area contributed by atoms with Crippen molar-refractivity contribution in [2.75, 3.05) is 6.54 Å². The zero-order valence-electron chi connectivity index (χ0n) is 8.65. The van der Waals surface area contributed by atoms with E-state index in [1.165, 1.54) is 4.88 Å². The summed E-state index contributed by atoms with van der Waals surface area (Å²) in [6, 6.07) is 4.39. The van der Waals surface area contributed by atoms with Crippen LogP contribution in [0.1, 0.15) is 30.7 Å². The van der Waals surface area contributed by atoms with Crippen LogP contribution in [0.15, 0.2) is 17.5 Å². The first kappa shape index (κ1) is 11.0. The van der Waals surface area contributed by atoms with Gasteiger partial charge in [-0.2, -0.15) is 0 Å². The summed E-state index contributed by atoms with van der Waals surface area (Å²) in [6.07, 6.45) is 2.15. The van der Waals surface area contributed by atoms with Gasteiger partial charge in [0.05, 0.1) is 6.04 Å². The minimum atomic E-state index is -0.412. The first-order valence-corrected chi connectivity index (χ1v) is 6.49. The number of alkyl halides is 1. The number of halogens is 1. The molecule has 0 aromatic carbocycles. The average Bonchev–Trinajstić information content (AvgIpc) is 2.86. The first-order valence-electron chi connectivity index (χ1n) is 5.18. The molecular weight excluding hydrogens is 230 g/mol. The molecule has 2 rings (SSSR count). The van der Waals surface area contributed by atoms with Crippen molar-refractivity contribution < 1.29 is 4.79 Å². The maximum absolute atomic E-state index is 11.8. The Morgan fingerprint density at radius 1 is 1.73 bits per heavy atom.